The summed E-state index contributed by atoms with van der Waals surface area (Å²) in [6.45, 7) is 2.21. The summed E-state index contributed by atoms with van der Waals surface area (Å²) < 4.78 is 38.4. The highest BCUT2D eigenvalue weighted by Gasteiger charge is 2.29. The molecule has 0 spiro atoms. The van der Waals surface area contributed by atoms with E-state index in [0.29, 0.717) is 23.1 Å². The highest BCUT2D eigenvalue weighted by Crippen LogP contribution is 2.31. The lowest BCUT2D eigenvalue weighted by Gasteiger charge is -2.19. The van der Waals surface area contributed by atoms with Crippen LogP contribution in [0.3, 0.4) is 0 Å². The molecule has 6 heteroatoms. The van der Waals surface area contributed by atoms with Crippen LogP contribution in [0.25, 0.3) is 0 Å². The van der Waals surface area contributed by atoms with Crippen LogP contribution in [0.2, 0.25) is 0 Å². The second-order valence-electron chi connectivity index (χ2n) is 3.79. The first-order valence-electron chi connectivity index (χ1n) is 4.88. The predicted molar refractivity (Wildman–Crippen MR) is 64.6 cm³/mol. The van der Waals surface area contributed by atoms with E-state index in [0.717, 1.165) is 5.56 Å². The largest absolute Gasteiger partial charge is 0.270 e. The van der Waals surface area contributed by atoms with Gasteiger partial charge in [0.2, 0.25) is 10.0 Å². The third-order valence-corrected chi connectivity index (χ3v) is 5.07. The first kappa shape index (κ1) is 11.9. The highest BCUT2D eigenvalue weighted by atomic mass is 79.9. The minimum absolute atomic E-state index is 0.143. The van der Waals surface area contributed by atoms with Crippen LogP contribution in [0.1, 0.15) is 12.0 Å². The van der Waals surface area contributed by atoms with Gasteiger partial charge in [-0.05, 0) is 47.0 Å². The fraction of sp³-hybridized carbons (Fsp3) is 0.400. The van der Waals surface area contributed by atoms with Gasteiger partial charge in [-0.2, -0.15) is 0 Å². The number of hydrogen-bond acceptors (Lipinski definition) is 2. The highest BCUT2D eigenvalue weighted by molar-refractivity contribution is 9.10. The quantitative estimate of drug-likeness (QED) is 0.799. The molecule has 2 rings (SSSR count). The number of sulfonamides is 1. The lowest BCUT2D eigenvalue weighted by molar-refractivity contribution is 0.599. The van der Waals surface area contributed by atoms with Gasteiger partial charge in [-0.25, -0.2) is 12.8 Å². The Balaban J connectivity index is 2.53. The van der Waals surface area contributed by atoms with Crippen LogP contribution in [0.5, 0.6) is 0 Å². The number of aryl methyl sites for hydroxylation is 1. The van der Waals surface area contributed by atoms with E-state index in [1.54, 1.807) is 13.0 Å². The molecule has 1 fully saturated rings. The molecule has 0 aromatic heterocycles. The third kappa shape index (κ3) is 1.96. The minimum atomic E-state index is -3.24. The average Bonchev–Trinajstić information content (AvgIpc) is 2.52. The number of anilines is 1. The predicted octanol–water partition coefficient (Wildman–Crippen LogP) is 2.44. The Kier molecular flexibility index (Phi) is 2.96. The summed E-state index contributed by atoms with van der Waals surface area (Å²) in [5.74, 6) is -0.299. The normalized spacial score (nSPS) is 19.1. The maximum absolute atomic E-state index is 13.4. The Bertz CT molecular complexity index is 530. The van der Waals surface area contributed by atoms with Crippen molar-refractivity contribution >= 4 is 31.6 Å². The molecule has 1 aliphatic rings. The molecule has 1 heterocycles. The molecule has 1 aromatic carbocycles. The number of nitrogens with zero attached hydrogens (tertiary/aromatic N) is 1. The van der Waals surface area contributed by atoms with Crippen LogP contribution < -0.4 is 4.31 Å². The standard InChI is InChI=1S/C10H11BrFNO2S/c1-7-5-8(11)9(12)6-10(7)13-3-2-4-16(13,14)15/h5-6H,2-4H2,1H3. The van der Waals surface area contributed by atoms with Gasteiger partial charge in [-0.1, -0.05) is 0 Å². The molecule has 88 valence electrons. The molecule has 3 nitrogen and oxygen atoms in total. The second-order valence-corrected chi connectivity index (χ2v) is 6.66. The van der Waals surface area contributed by atoms with E-state index in [-0.39, 0.29) is 5.75 Å². The summed E-state index contributed by atoms with van der Waals surface area (Å²) in [6.07, 6.45) is 0.597. The average molecular weight is 308 g/mol. The summed E-state index contributed by atoms with van der Waals surface area (Å²) >= 11 is 3.07. The Morgan fingerprint density at radius 3 is 2.69 bits per heavy atom. The Morgan fingerprint density at radius 1 is 1.44 bits per heavy atom. The van der Waals surface area contributed by atoms with Crippen molar-refractivity contribution in [2.75, 3.05) is 16.6 Å². The van der Waals surface area contributed by atoms with Crippen LogP contribution in [0.4, 0.5) is 10.1 Å². The Labute approximate surface area is 102 Å². The summed E-state index contributed by atoms with van der Waals surface area (Å²) in [4.78, 5) is 0. The lowest BCUT2D eigenvalue weighted by Crippen LogP contribution is -2.26. The van der Waals surface area contributed by atoms with Crippen LogP contribution >= 0.6 is 15.9 Å². The van der Waals surface area contributed by atoms with Gasteiger partial charge in [0.1, 0.15) is 5.82 Å². The molecule has 0 radical (unpaired) electrons. The van der Waals surface area contributed by atoms with Crippen LogP contribution in [0.15, 0.2) is 16.6 Å². The molecule has 0 amide bonds. The van der Waals surface area contributed by atoms with E-state index in [1.807, 2.05) is 0 Å². The summed E-state index contributed by atoms with van der Waals surface area (Å²) in [5, 5.41) is 0. The number of halogens is 2. The van der Waals surface area contributed by atoms with E-state index >= 15 is 0 Å². The monoisotopic (exact) mass is 307 g/mol. The zero-order valence-electron chi connectivity index (χ0n) is 8.70. The van der Waals surface area contributed by atoms with Crippen molar-refractivity contribution < 1.29 is 12.8 Å². The first-order valence-corrected chi connectivity index (χ1v) is 7.28. The van der Waals surface area contributed by atoms with Gasteiger partial charge in [-0.15, -0.1) is 0 Å². The maximum atomic E-state index is 13.4. The molecule has 1 saturated heterocycles. The summed E-state index contributed by atoms with van der Waals surface area (Å²) in [6, 6.07) is 2.86. The number of benzene rings is 1. The SMILES string of the molecule is Cc1cc(Br)c(F)cc1N1CCCS1(=O)=O. The lowest BCUT2D eigenvalue weighted by atomic mass is 10.2. The van der Waals surface area contributed by atoms with Gasteiger partial charge in [0, 0.05) is 6.54 Å². The molecule has 0 atom stereocenters. The van der Waals surface area contributed by atoms with Crippen molar-refractivity contribution in [2.45, 2.75) is 13.3 Å². The van der Waals surface area contributed by atoms with Crippen LogP contribution in [0, 0.1) is 12.7 Å². The molecule has 0 unspecified atom stereocenters. The molecule has 0 bridgehead atoms. The van der Waals surface area contributed by atoms with E-state index in [2.05, 4.69) is 15.9 Å². The van der Waals surface area contributed by atoms with Crippen molar-refractivity contribution in [1.29, 1.82) is 0 Å². The van der Waals surface area contributed by atoms with Gasteiger partial charge in [0.05, 0.1) is 15.9 Å². The van der Waals surface area contributed by atoms with Gasteiger partial charge in [-0.3, -0.25) is 4.31 Å². The van der Waals surface area contributed by atoms with Gasteiger partial charge in [0.15, 0.2) is 0 Å². The molecule has 1 aliphatic heterocycles. The van der Waals surface area contributed by atoms with E-state index in [1.165, 1.54) is 10.4 Å². The number of rotatable bonds is 1. The topological polar surface area (TPSA) is 37.4 Å². The van der Waals surface area contributed by atoms with E-state index < -0.39 is 15.8 Å². The van der Waals surface area contributed by atoms with E-state index in [9.17, 15) is 12.8 Å². The summed E-state index contributed by atoms with van der Waals surface area (Å²) in [7, 11) is -3.24. The molecule has 1 aromatic rings. The van der Waals surface area contributed by atoms with Crippen molar-refractivity contribution in [3.63, 3.8) is 0 Å². The fourth-order valence-electron chi connectivity index (χ4n) is 1.81. The maximum Gasteiger partial charge on any atom is 0.235 e. The molecular formula is C10H11BrFNO2S. The van der Waals surface area contributed by atoms with Crippen LogP contribution in [-0.4, -0.2) is 20.7 Å². The molecule has 16 heavy (non-hydrogen) atoms. The smallest absolute Gasteiger partial charge is 0.235 e. The van der Waals surface area contributed by atoms with Gasteiger partial charge in [0.25, 0.3) is 0 Å². The second kappa shape index (κ2) is 4.00. The van der Waals surface area contributed by atoms with Crippen molar-refractivity contribution in [1.82, 2.24) is 0 Å². The van der Waals surface area contributed by atoms with Crippen molar-refractivity contribution in [3.05, 3.63) is 28.0 Å². The van der Waals surface area contributed by atoms with Gasteiger partial charge < -0.3 is 0 Å². The zero-order valence-corrected chi connectivity index (χ0v) is 11.1. The third-order valence-electron chi connectivity index (χ3n) is 2.61. The van der Waals surface area contributed by atoms with E-state index in [4.69, 9.17) is 0 Å². The first-order chi connectivity index (χ1) is 7.42. The van der Waals surface area contributed by atoms with Crippen molar-refractivity contribution in [2.24, 2.45) is 0 Å². The fourth-order valence-corrected chi connectivity index (χ4v) is 3.89. The van der Waals surface area contributed by atoms with Gasteiger partial charge >= 0.3 is 0 Å². The summed E-state index contributed by atoms with van der Waals surface area (Å²) in [5.41, 5.74) is 1.19. The molecule has 0 aliphatic carbocycles. The Hall–Kier alpha value is -0.620. The molecular weight excluding hydrogens is 297 g/mol. The molecule has 0 N–H and O–H groups in total. The number of hydrogen-bond donors (Lipinski definition) is 0. The zero-order chi connectivity index (χ0) is 11.9. The minimum Gasteiger partial charge on any atom is -0.270 e. The van der Waals surface area contributed by atoms with Crippen LogP contribution in [-0.2, 0) is 10.0 Å². The Morgan fingerprint density at radius 2 is 2.12 bits per heavy atom. The molecule has 0 saturated carbocycles. The van der Waals surface area contributed by atoms with Crippen molar-refractivity contribution in [3.8, 4) is 0 Å².